The monoisotopic (exact) mass is 450 g/mol. The number of anilines is 1. The molecule has 0 saturated carbocycles. The Kier molecular flexibility index (Phi) is 6.02. The highest BCUT2D eigenvalue weighted by atomic mass is 35.7. The van der Waals surface area contributed by atoms with Gasteiger partial charge in [0.15, 0.2) is 0 Å². The van der Waals surface area contributed by atoms with Gasteiger partial charge in [-0.3, -0.25) is 9.00 Å². The Labute approximate surface area is 179 Å². The van der Waals surface area contributed by atoms with E-state index < -0.39 is 27.2 Å². The predicted molar refractivity (Wildman–Crippen MR) is 121 cm³/mol. The third-order valence-corrected chi connectivity index (χ3v) is 6.84. The van der Waals surface area contributed by atoms with Crippen molar-refractivity contribution in [3.63, 3.8) is 0 Å². The molecule has 0 bridgehead atoms. The van der Waals surface area contributed by atoms with Crippen molar-refractivity contribution in [3.8, 4) is 0 Å². The van der Waals surface area contributed by atoms with E-state index in [9.17, 15) is 19.1 Å². The first-order valence-electron chi connectivity index (χ1n) is 9.24. The van der Waals surface area contributed by atoms with Crippen LogP contribution in [0.15, 0.2) is 58.0 Å². The van der Waals surface area contributed by atoms with E-state index in [2.05, 4.69) is 5.32 Å². The van der Waals surface area contributed by atoms with Gasteiger partial charge in [0, 0.05) is 23.6 Å². The minimum absolute atomic E-state index is 0.0670. The molecule has 0 aliphatic heterocycles. The second kappa shape index (κ2) is 8.07. The Hall–Kier alpha value is -2.33. The third-order valence-electron chi connectivity index (χ3n) is 4.76. The molecule has 0 fully saturated rings. The molecular weight excluding hydrogens is 427 g/mol. The number of carbonyl (C=O) groups excluding carboxylic acids is 1. The van der Waals surface area contributed by atoms with Crippen molar-refractivity contribution >= 4 is 48.6 Å². The number of rotatable bonds is 7. The zero-order valence-electron chi connectivity index (χ0n) is 16.7. The molecule has 0 aliphatic carbocycles. The number of para-hydroxylation sites is 1. The Bertz CT molecular complexity index is 1150. The molecule has 1 heterocycles. The fourth-order valence-corrected chi connectivity index (χ4v) is 4.89. The van der Waals surface area contributed by atoms with Gasteiger partial charge < -0.3 is 25.5 Å². The van der Waals surface area contributed by atoms with E-state index >= 15 is 0 Å². The number of nitrogens with two attached hydrogens (primary N) is 1. The molecule has 10 heteroatoms. The van der Waals surface area contributed by atoms with Crippen molar-refractivity contribution in [3.05, 3.63) is 59.9 Å². The highest BCUT2D eigenvalue weighted by Crippen LogP contribution is 2.38. The lowest BCUT2D eigenvalue weighted by molar-refractivity contribution is -0.120. The number of halogens is 1. The van der Waals surface area contributed by atoms with E-state index in [-0.39, 0.29) is 23.4 Å². The van der Waals surface area contributed by atoms with Gasteiger partial charge in [0.25, 0.3) is 0 Å². The van der Waals surface area contributed by atoms with Gasteiger partial charge >= 0.3 is 7.12 Å². The number of fused-ring (bicyclic) bond motifs is 1. The molecule has 1 amide bonds. The van der Waals surface area contributed by atoms with Crippen LogP contribution in [0.4, 0.5) is 5.69 Å². The Morgan fingerprint density at radius 3 is 2.63 bits per heavy atom. The highest BCUT2D eigenvalue weighted by Gasteiger charge is 2.29. The van der Waals surface area contributed by atoms with Crippen LogP contribution in [0.1, 0.15) is 11.1 Å². The summed E-state index contributed by atoms with van der Waals surface area (Å²) >= 11 is 0. The Morgan fingerprint density at radius 1 is 1.27 bits per heavy atom. The van der Waals surface area contributed by atoms with Crippen LogP contribution < -0.4 is 11.1 Å². The van der Waals surface area contributed by atoms with Crippen LogP contribution in [0.25, 0.3) is 11.0 Å². The van der Waals surface area contributed by atoms with Gasteiger partial charge in [0.05, 0.1) is 23.5 Å². The number of carbonyl (C=O) groups is 1. The van der Waals surface area contributed by atoms with E-state index in [1.807, 2.05) is 24.3 Å². The van der Waals surface area contributed by atoms with Crippen LogP contribution in [0.3, 0.4) is 0 Å². The third kappa shape index (κ3) is 5.23. The van der Waals surface area contributed by atoms with Gasteiger partial charge in [-0.1, -0.05) is 24.3 Å². The lowest BCUT2D eigenvalue weighted by Crippen LogP contribution is -2.48. The van der Waals surface area contributed by atoms with Gasteiger partial charge in [-0.05, 0) is 54.7 Å². The largest absolute Gasteiger partial charge is 0.475 e. The minimum atomic E-state index is -3.62. The van der Waals surface area contributed by atoms with Crippen LogP contribution in [0, 0.1) is 0 Å². The first kappa shape index (κ1) is 22.4. The van der Waals surface area contributed by atoms with E-state index in [1.165, 1.54) is 18.8 Å². The van der Waals surface area contributed by atoms with E-state index in [0.717, 1.165) is 10.9 Å². The zero-order valence-corrected chi connectivity index (χ0v) is 18.2. The summed E-state index contributed by atoms with van der Waals surface area (Å²) < 4.78 is 18.2. The van der Waals surface area contributed by atoms with E-state index in [4.69, 9.17) is 20.8 Å². The molecule has 30 heavy (non-hydrogen) atoms. The van der Waals surface area contributed by atoms with Crippen LogP contribution in [0.2, 0.25) is 0 Å². The van der Waals surface area contributed by atoms with Crippen molar-refractivity contribution in [2.75, 3.05) is 18.2 Å². The van der Waals surface area contributed by atoms with E-state index in [0.29, 0.717) is 11.1 Å². The standard InChI is InChI=1S/C20H24BClN2O5S/c1-30(2,22,28)18-9-13(7-8-16(18)23)10-20(25)24-19(21(26)27)11-14-12-29-17-6-4-3-5-15(14)17/h3-9,12,19,26-27H,10-11,23H2,1-2H3,(H,24,25)/t19-/m0/s1. The number of amides is 1. The molecule has 0 aliphatic rings. The van der Waals surface area contributed by atoms with Gasteiger partial charge in [0.2, 0.25) is 5.91 Å². The molecule has 7 nitrogen and oxygen atoms in total. The van der Waals surface area contributed by atoms with Gasteiger partial charge in [-0.25, -0.2) is 0 Å². The molecular formula is C20H24BClN2O5S. The quantitative estimate of drug-likeness (QED) is 0.247. The molecule has 0 unspecified atom stereocenters. The van der Waals surface area contributed by atoms with Crippen molar-refractivity contribution < 1.29 is 23.5 Å². The fourth-order valence-electron chi connectivity index (χ4n) is 3.28. The van der Waals surface area contributed by atoms with Gasteiger partial charge in [-0.2, -0.15) is 0 Å². The molecule has 0 saturated heterocycles. The normalized spacial score (nSPS) is 14.1. The molecule has 5 N–H and O–H groups in total. The first-order chi connectivity index (χ1) is 13.9. The molecule has 1 aromatic heterocycles. The van der Waals surface area contributed by atoms with Crippen LogP contribution in [-0.2, 0) is 25.9 Å². The summed E-state index contributed by atoms with van der Waals surface area (Å²) in [5.74, 6) is -1.36. The van der Waals surface area contributed by atoms with Crippen molar-refractivity contribution in [2.24, 2.45) is 0 Å². The number of hydrogen-bond donors (Lipinski definition) is 4. The highest BCUT2D eigenvalue weighted by molar-refractivity contribution is 8.37. The number of hydrogen-bond acceptors (Lipinski definition) is 6. The molecule has 160 valence electrons. The zero-order chi connectivity index (χ0) is 22.1. The van der Waals surface area contributed by atoms with Gasteiger partial charge in [-0.15, -0.1) is 0 Å². The number of benzene rings is 2. The molecule has 3 aromatic rings. The summed E-state index contributed by atoms with van der Waals surface area (Å²) in [6.07, 6.45) is 4.46. The smallest absolute Gasteiger partial charge is 0.464 e. The summed E-state index contributed by atoms with van der Waals surface area (Å²) in [5, 5.41) is 23.0. The summed E-state index contributed by atoms with van der Waals surface area (Å²) in [4.78, 5) is 12.8. The van der Waals surface area contributed by atoms with Gasteiger partial charge in [0.1, 0.15) is 5.58 Å². The number of furan rings is 1. The summed E-state index contributed by atoms with van der Waals surface area (Å²) in [5.41, 5.74) is 8.17. The SMILES string of the molecule is CS(C)(=O)(Cl)c1cc(CC(=O)N[C@@H](Cc2coc3ccccc23)B(O)O)ccc1N. The lowest BCUT2D eigenvalue weighted by atomic mass is 9.75. The lowest BCUT2D eigenvalue weighted by Gasteiger charge is -2.27. The Morgan fingerprint density at radius 2 is 1.97 bits per heavy atom. The van der Waals surface area contributed by atoms with Crippen LogP contribution in [-0.4, -0.2) is 45.7 Å². The minimum Gasteiger partial charge on any atom is -0.464 e. The van der Waals surface area contributed by atoms with Crippen LogP contribution >= 0.6 is 10.7 Å². The average molecular weight is 451 g/mol. The molecule has 0 radical (unpaired) electrons. The maximum Gasteiger partial charge on any atom is 0.475 e. The number of nitrogens with one attached hydrogen (secondary N) is 1. The molecule has 1 atom stereocenters. The average Bonchev–Trinajstić information content (AvgIpc) is 3.04. The van der Waals surface area contributed by atoms with Crippen molar-refractivity contribution in [1.29, 1.82) is 0 Å². The fraction of sp³-hybridized carbons (Fsp3) is 0.250. The summed E-state index contributed by atoms with van der Waals surface area (Å²) in [7, 11) is 0.799. The van der Waals surface area contributed by atoms with Crippen molar-refractivity contribution in [2.45, 2.75) is 23.7 Å². The molecule has 0 spiro atoms. The van der Waals surface area contributed by atoms with Crippen molar-refractivity contribution in [1.82, 2.24) is 5.32 Å². The second-order valence-corrected chi connectivity index (χ2v) is 14.3. The molecule has 2 aromatic carbocycles. The predicted octanol–water partition coefficient (Wildman–Crippen LogP) is 1.89. The maximum atomic E-state index is 12.7. The summed E-state index contributed by atoms with van der Waals surface area (Å²) in [6, 6.07) is 12.1. The maximum absolute atomic E-state index is 12.7. The number of nitrogen functional groups attached to an aromatic ring is 1. The molecule has 3 rings (SSSR count). The first-order valence-corrected chi connectivity index (χ1v) is 12.8. The Balaban J connectivity index is 1.75. The summed E-state index contributed by atoms with van der Waals surface area (Å²) in [6.45, 7) is 0. The van der Waals surface area contributed by atoms with Crippen LogP contribution in [0.5, 0.6) is 0 Å². The van der Waals surface area contributed by atoms with E-state index in [1.54, 1.807) is 18.2 Å². The topological polar surface area (TPSA) is 126 Å². The second-order valence-electron chi connectivity index (χ2n) is 7.78.